The Bertz CT molecular complexity index is 344. The summed E-state index contributed by atoms with van der Waals surface area (Å²) in [5.74, 6) is 1.59. The highest BCUT2D eigenvalue weighted by molar-refractivity contribution is 5.28. The van der Waals surface area contributed by atoms with Crippen molar-refractivity contribution in [2.24, 2.45) is 5.73 Å². The van der Waals surface area contributed by atoms with E-state index in [9.17, 15) is 0 Å². The van der Waals surface area contributed by atoms with Gasteiger partial charge in [0.2, 0.25) is 5.89 Å². The van der Waals surface area contributed by atoms with Gasteiger partial charge in [-0.3, -0.25) is 0 Å². The van der Waals surface area contributed by atoms with E-state index in [0.29, 0.717) is 5.89 Å². The fourth-order valence-corrected chi connectivity index (χ4v) is 2.37. The van der Waals surface area contributed by atoms with Crippen LogP contribution in [0.15, 0.2) is 4.52 Å². The zero-order valence-electron chi connectivity index (χ0n) is 10.7. The maximum atomic E-state index is 5.93. The van der Waals surface area contributed by atoms with E-state index in [1.54, 1.807) is 0 Å². The molecule has 0 amide bonds. The van der Waals surface area contributed by atoms with Crippen molar-refractivity contribution in [3.8, 4) is 0 Å². The van der Waals surface area contributed by atoms with Gasteiger partial charge in [-0.1, -0.05) is 6.92 Å². The number of nitrogens with zero attached hydrogens (tertiary/aromatic N) is 3. The van der Waals surface area contributed by atoms with Crippen molar-refractivity contribution in [2.75, 3.05) is 18.0 Å². The number of nitrogens with two attached hydrogens (primary N) is 1. The van der Waals surface area contributed by atoms with Gasteiger partial charge in [0.15, 0.2) is 0 Å². The van der Waals surface area contributed by atoms with Gasteiger partial charge in [-0.2, -0.15) is 4.98 Å². The smallest absolute Gasteiger partial charge is 0.266 e. The van der Waals surface area contributed by atoms with Gasteiger partial charge >= 0.3 is 0 Å². The third kappa shape index (κ3) is 2.77. The third-order valence-corrected chi connectivity index (χ3v) is 3.46. The van der Waals surface area contributed by atoms with Crippen LogP contribution in [0.2, 0.25) is 0 Å². The standard InChI is InChI=1S/C12H22N4O/c1-3-10(9(2)13)11-14-12(15-17-11)16-7-5-4-6-8-16/h9-10H,3-8,13H2,1-2H3. The molecule has 2 rings (SSSR count). The molecule has 0 radical (unpaired) electrons. The first-order chi connectivity index (χ1) is 8.22. The topological polar surface area (TPSA) is 68.2 Å². The molecule has 17 heavy (non-hydrogen) atoms. The van der Waals surface area contributed by atoms with Crippen molar-refractivity contribution >= 4 is 5.95 Å². The Hall–Kier alpha value is -1.10. The van der Waals surface area contributed by atoms with Crippen LogP contribution >= 0.6 is 0 Å². The molecule has 2 unspecified atom stereocenters. The van der Waals surface area contributed by atoms with Crippen LogP contribution in [0, 0.1) is 0 Å². The number of hydrogen-bond donors (Lipinski definition) is 1. The van der Waals surface area contributed by atoms with Gasteiger partial charge in [-0.15, -0.1) is 0 Å². The molecule has 0 bridgehead atoms. The Morgan fingerprint density at radius 2 is 2.06 bits per heavy atom. The molecule has 2 atom stereocenters. The Balaban J connectivity index is 2.08. The van der Waals surface area contributed by atoms with Crippen molar-refractivity contribution in [1.29, 1.82) is 0 Å². The van der Waals surface area contributed by atoms with Crippen molar-refractivity contribution in [3.05, 3.63) is 5.89 Å². The van der Waals surface area contributed by atoms with Crippen LogP contribution in [0.25, 0.3) is 0 Å². The zero-order chi connectivity index (χ0) is 12.3. The Morgan fingerprint density at radius 1 is 1.35 bits per heavy atom. The monoisotopic (exact) mass is 238 g/mol. The molecule has 0 aromatic carbocycles. The number of anilines is 1. The summed E-state index contributed by atoms with van der Waals surface area (Å²) in [6, 6.07) is 0.0506. The quantitative estimate of drug-likeness (QED) is 0.867. The average molecular weight is 238 g/mol. The Morgan fingerprint density at radius 3 is 2.65 bits per heavy atom. The van der Waals surface area contributed by atoms with E-state index >= 15 is 0 Å². The zero-order valence-corrected chi connectivity index (χ0v) is 10.7. The molecular weight excluding hydrogens is 216 g/mol. The number of aromatic nitrogens is 2. The van der Waals surface area contributed by atoms with Crippen LogP contribution < -0.4 is 10.6 Å². The van der Waals surface area contributed by atoms with Gasteiger partial charge in [-0.25, -0.2) is 0 Å². The average Bonchev–Trinajstić information content (AvgIpc) is 2.80. The van der Waals surface area contributed by atoms with Gasteiger partial charge in [0.05, 0.1) is 5.92 Å². The molecule has 2 heterocycles. The van der Waals surface area contributed by atoms with Crippen molar-refractivity contribution in [2.45, 2.75) is 51.5 Å². The minimum absolute atomic E-state index is 0.0506. The fraction of sp³-hybridized carbons (Fsp3) is 0.833. The van der Waals surface area contributed by atoms with Gasteiger partial charge in [0.1, 0.15) is 0 Å². The SMILES string of the molecule is CCC(c1nc(N2CCCCC2)no1)C(C)N. The summed E-state index contributed by atoms with van der Waals surface area (Å²) < 4.78 is 5.35. The summed E-state index contributed by atoms with van der Waals surface area (Å²) in [6.45, 7) is 6.15. The summed E-state index contributed by atoms with van der Waals surface area (Å²) in [5.41, 5.74) is 5.93. The molecule has 5 nitrogen and oxygen atoms in total. The second-order valence-corrected chi connectivity index (χ2v) is 4.85. The van der Waals surface area contributed by atoms with Gasteiger partial charge < -0.3 is 15.2 Å². The highest BCUT2D eigenvalue weighted by atomic mass is 16.5. The number of piperidine rings is 1. The highest BCUT2D eigenvalue weighted by Crippen LogP contribution is 2.23. The molecule has 96 valence electrons. The second-order valence-electron chi connectivity index (χ2n) is 4.85. The molecule has 1 fully saturated rings. The first-order valence-electron chi connectivity index (χ1n) is 6.56. The van der Waals surface area contributed by atoms with Gasteiger partial charge in [0, 0.05) is 19.1 Å². The maximum absolute atomic E-state index is 5.93. The molecule has 1 aliphatic heterocycles. The minimum Gasteiger partial charge on any atom is -0.338 e. The number of rotatable bonds is 4. The summed E-state index contributed by atoms with van der Waals surface area (Å²) in [4.78, 5) is 6.69. The van der Waals surface area contributed by atoms with E-state index in [2.05, 4.69) is 22.0 Å². The van der Waals surface area contributed by atoms with Gasteiger partial charge in [-0.05, 0) is 37.8 Å². The van der Waals surface area contributed by atoms with E-state index in [-0.39, 0.29) is 12.0 Å². The summed E-state index contributed by atoms with van der Waals surface area (Å²) in [6.07, 6.45) is 4.67. The Labute approximate surface area is 102 Å². The summed E-state index contributed by atoms with van der Waals surface area (Å²) in [5, 5.41) is 4.08. The highest BCUT2D eigenvalue weighted by Gasteiger charge is 2.23. The van der Waals surface area contributed by atoms with E-state index in [4.69, 9.17) is 10.3 Å². The predicted molar refractivity (Wildman–Crippen MR) is 67.0 cm³/mol. The van der Waals surface area contributed by atoms with E-state index in [1.807, 2.05) is 6.92 Å². The molecule has 0 spiro atoms. The number of hydrogen-bond acceptors (Lipinski definition) is 5. The molecule has 0 saturated carbocycles. The van der Waals surface area contributed by atoms with Crippen LogP contribution in [-0.2, 0) is 0 Å². The van der Waals surface area contributed by atoms with Crippen LogP contribution in [0.4, 0.5) is 5.95 Å². The molecule has 1 aliphatic rings. The fourth-order valence-electron chi connectivity index (χ4n) is 2.37. The molecule has 1 saturated heterocycles. The maximum Gasteiger partial charge on any atom is 0.266 e. The van der Waals surface area contributed by atoms with Crippen LogP contribution in [0.3, 0.4) is 0 Å². The van der Waals surface area contributed by atoms with Crippen molar-refractivity contribution < 1.29 is 4.52 Å². The van der Waals surface area contributed by atoms with E-state index in [0.717, 1.165) is 25.5 Å². The van der Waals surface area contributed by atoms with E-state index < -0.39 is 0 Å². The molecule has 0 aliphatic carbocycles. The van der Waals surface area contributed by atoms with Crippen molar-refractivity contribution in [3.63, 3.8) is 0 Å². The second kappa shape index (κ2) is 5.49. The largest absolute Gasteiger partial charge is 0.338 e. The molecular formula is C12H22N4O. The van der Waals surface area contributed by atoms with Crippen LogP contribution in [-0.4, -0.2) is 29.3 Å². The molecule has 1 aromatic rings. The lowest BCUT2D eigenvalue weighted by Gasteiger charge is -2.24. The molecule has 1 aromatic heterocycles. The lowest BCUT2D eigenvalue weighted by Crippen LogP contribution is -2.30. The first-order valence-corrected chi connectivity index (χ1v) is 6.56. The lowest BCUT2D eigenvalue weighted by molar-refractivity contribution is 0.333. The minimum atomic E-state index is 0.0506. The van der Waals surface area contributed by atoms with Gasteiger partial charge in [0.25, 0.3) is 5.95 Å². The Kier molecular flexibility index (Phi) is 3.99. The lowest BCUT2D eigenvalue weighted by atomic mass is 9.99. The van der Waals surface area contributed by atoms with Crippen molar-refractivity contribution in [1.82, 2.24) is 10.1 Å². The van der Waals surface area contributed by atoms with Crippen LogP contribution in [0.5, 0.6) is 0 Å². The predicted octanol–water partition coefficient (Wildman–Crippen LogP) is 1.90. The summed E-state index contributed by atoms with van der Waals surface area (Å²) >= 11 is 0. The summed E-state index contributed by atoms with van der Waals surface area (Å²) in [7, 11) is 0. The third-order valence-electron chi connectivity index (χ3n) is 3.46. The van der Waals surface area contributed by atoms with E-state index in [1.165, 1.54) is 19.3 Å². The molecule has 5 heteroatoms. The van der Waals surface area contributed by atoms with Crippen LogP contribution in [0.1, 0.15) is 51.3 Å². The molecule has 2 N–H and O–H groups in total. The first kappa shape index (κ1) is 12.4. The normalized spacial score (nSPS) is 20.3.